The number of rotatable bonds is 16. The summed E-state index contributed by atoms with van der Waals surface area (Å²) in [5, 5.41) is 21.5. The van der Waals surface area contributed by atoms with Gasteiger partial charge in [0.2, 0.25) is 5.95 Å². The summed E-state index contributed by atoms with van der Waals surface area (Å²) in [5.41, 5.74) is 1.13. The van der Waals surface area contributed by atoms with Gasteiger partial charge in [-0.1, -0.05) is 13.0 Å². The number of ether oxygens (including phenoxy) is 1. The van der Waals surface area contributed by atoms with E-state index >= 15 is 0 Å². The predicted octanol–water partition coefficient (Wildman–Crippen LogP) is 6.07. The van der Waals surface area contributed by atoms with Gasteiger partial charge in [0, 0.05) is 44.3 Å². The van der Waals surface area contributed by atoms with E-state index in [0.717, 1.165) is 0 Å². The maximum Gasteiger partial charge on any atom is 0.421 e. The maximum atomic E-state index is 14.1. The zero-order chi connectivity index (χ0) is 35.8. The van der Waals surface area contributed by atoms with Crippen molar-refractivity contribution in [3.05, 3.63) is 65.2 Å². The highest BCUT2D eigenvalue weighted by Crippen LogP contribution is 2.48. The molecule has 14 nitrogen and oxygen atoms in total. The fourth-order valence-corrected chi connectivity index (χ4v) is 5.81. The van der Waals surface area contributed by atoms with Crippen molar-refractivity contribution in [1.82, 2.24) is 30.0 Å². The Balaban J connectivity index is 1.66. The van der Waals surface area contributed by atoms with Crippen LogP contribution < -0.4 is 20.7 Å². The Kier molecular flexibility index (Phi) is 12.3. The largest absolute Gasteiger partial charge is 0.495 e. The minimum atomic E-state index is -4.85. The number of alkyl halides is 3. The number of aromatic nitrogens is 5. The minimum absolute atomic E-state index is 0.0113. The molecule has 264 valence electrons. The Morgan fingerprint density at radius 3 is 2.49 bits per heavy atom. The third-order valence-electron chi connectivity index (χ3n) is 7.11. The smallest absolute Gasteiger partial charge is 0.421 e. The number of carbonyl (C=O) groups is 1. The van der Waals surface area contributed by atoms with Crippen molar-refractivity contribution in [3.63, 3.8) is 0 Å². The molecule has 0 fully saturated rings. The van der Waals surface area contributed by atoms with Gasteiger partial charge in [0.15, 0.2) is 5.69 Å². The van der Waals surface area contributed by atoms with Crippen LogP contribution in [0.25, 0.3) is 11.3 Å². The highest BCUT2D eigenvalue weighted by atomic mass is 31.2. The Morgan fingerprint density at radius 1 is 1.08 bits per heavy atom. The summed E-state index contributed by atoms with van der Waals surface area (Å²) in [6, 6.07) is 7.83. The molecule has 0 saturated heterocycles. The molecule has 0 bridgehead atoms. The van der Waals surface area contributed by atoms with Crippen LogP contribution in [-0.2, 0) is 32.9 Å². The molecule has 0 aliphatic rings. The second-order valence-corrected chi connectivity index (χ2v) is 12.9. The fraction of sp³-hybridized carbons (Fsp3) is 0.387. The number of pyridine rings is 1. The lowest BCUT2D eigenvalue weighted by molar-refractivity contribution is -0.137. The number of aryl methyl sites for hydroxylation is 2. The van der Waals surface area contributed by atoms with Crippen LogP contribution in [0.1, 0.15) is 47.6 Å². The van der Waals surface area contributed by atoms with E-state index in [-0.39, 0.29) is 43.3 Å². The molecule has 1 unspecified atom stereocenters. The van der Waals surface area contributed by atoms with Gasteiger partial charge < -0.3 is 34.8 Å². The second kappa shape index (κ2) is 16.2. The topological polar surface area (TPSA) is 175 Å². The van der Waals surface area contributed by atoms with Gasteiger partial charge in [-0.3, -0.25) is 14.0 Å². The van der Waals surface area contributed by atoms with Crippen LogP contribution in [0.5, 0.6) is 5.75 Å². The zero-order valence-corrected chi connectivity index (χ0v) is 28.5. The molecule has 0 aliphatic heterocycles. The van der Waals surface area contributed by atoms with Crippen LogP contribution in [0.3, 0.4) is 0 Å². The van der Waals surface area contributed by atoms with Crippen molar-refractivity contribution < 1.29 is 41.4 Å². The average molecular weight is 707 g/mol. The maximum absolute atomic E-state index is 14.1. The molecule has 0 saturated carbocycles. The number of hydrogen-bond donors (Lipinski definition) is 4. The number of methoxy groups -OCH3 is 1. The molecule has 0 aliphatic carbocycles. The summed E-state index contributed by atoms with van der Waals surface area (Å²) in [4.78, 5) is 25.3. The summed E-state index contributed by atoms with van der Waals surface area (Å²) in [6.45, 7) is 5.82. The molecule has 1 atom stereocenters. The van der Waals surface area contributed by atoms with Crippen molar-refractivity contribution in [2.45, 2.75) is 46.5 Å². The molecular weight excluding hydrogens is 668 g/mol. The summed E-state index contributed by atoms with van der Waals surface area (Å²) in [5.74, 6) is -1.20. The summed E-state index contributed by atoms with van der Waals surface area (Å²) >= 11 is 0. The van der Waals surface area contributed by atoms with Crippen molar-refractivity contribution in [1.29, 1.82) is 0 Å². The first-order chi connectivity index (χ1) is 23.3. The lowest BCUT2D eigenvalue weighted by atomic mass is 10.1. The van der Waals surface area contributed by atoms with Crippen molar-refractivity contribution >= 4 is 36.6 Å². The van der Waals surface area contributed by atoms with E-state index in [9.17, 15) is 22.5 Å². The Hall–Kier alpha value is -4.57. The van der Waals surface area contributed by atoms with Gasteiger partial charge in [-0.15, -0.1) is 0 Å². The van der Waals surface area contributed by atoms with Crippen molar-refractivity contribution in [2.75, 3.05) is 44.2 Å². The Morgan fingerprint density at radius 2 is 1.84 bits per heavy atom. The molecular formula is C31H38F3N8O6P. The standard InChI is InChI=1S/C31H38F3N8O6P/c1-6-47-49(45,7-2)48-18-20-9-10-24(26(15-20)46-5)39-30-36-16-22(31(32,33)34)28(40-30)38-25-12-11-23(37-27(25)29(44)35-4)21-17-42(13-8-14-43)41-19(21)3/h9-12,15-17,43H,6-8,13-14,18H2,1-5H3,(H,35,44)(H2,36,38,39,40). The van der Waals surface area contributed by atoms with Crippen LogP contribution in [-0.4, -0.2) is 69.3 Å². The molecule has 1 amide bonds. The van der Waals surface area contributed by atoms with Gasteiger partial charge in [0.1, 0.15) is 17.1 Å². The average Bonchev–Trinajstić information content (AvgIpc) is 3.46. The first kappa shape index (κ1) is 37.3. The van der Waals surface area contributed by atoms with E-state index in [1.165, 1.54) is 20.2 Å². The van der Waals surface area contributed by atoms with Gasteiger partial charge in [-0.25, -0.2) is 9.97 Å². The van der Waals surface area contributed by atoms with E-state index < -0.39 is 31.1 Å². The van der Waals surface area contributed by atoms with Gasteiger partial charge in [-0.2, -0.15) is 23.3 Å². The van der Waals surface area contributed by atoms with Crippen molar-refractivity contribution in [2.24, 2.45) is 0 Å². The van der Waals surface area contributed by atoms with Crippen LogP contribution in [0.2, 0.25) is 0 Å². The number of benzene rings is 1. The number of nitrogens with zero attached hydrogens (tertiary/aromatic N) is 5. The van der Waals surface area contributed by atoms with Crippen LogP contribution in [0.15, 0.2) is 42.7 Å². The number of anilines is 4. The molecule has 1 aromatic carbocycles. The summed E-state index contributed by atoms with van der Waals surface area (Å²) in [6.07, 6.45) is -1.82. The molecule has 4 rings (SSSR count). The van der Waals surface area contributed by atoms with Crippen LogP contribution in [0.4, 0.5) is 36.3 Å². The zero-order valence-electron chi connectivity index (χ0n) is 27.6. The lowest BCUT2D eigenvalue weighted by Gasteiger charge is -2.18. The predicted molar refractivity (Wildman–Crippen MR) is 176 cm³/mol. The monoisotopic (exact) mass is 706 g/mol. The van der Waals surface area contributed by atoms with Gasteiger partial charge in [-0.05, 0) is 50.1 Å². The number of aliphatic hydroxyl groups is 1. The number of carbonyl (C=O) groups excluding carboxylic acids is 1. The van der Waals surface area contributed by atoms with Crippen LogP contribution >= 0.6 is 7.60 Å². The number of aliphatic hydroxyl groups excluding tert-OH is 1. The minimum Gasteiger partial charge on any atom is -0.495 e. The van der Waals surface area contributed by atoms with E-state index in [2.05, 4.69) is 36.0 Å². The highest BCUT2D eigenvalue weighted by molar-refractivity contribution is 7.53. The molecule has 18 heteroatoms. The highest BCUT2D eigenvalue weighted by Gasteiger charge is 2.36. The van der Waals surface area contributed by atoms with Crippen LogP contribution in [0, 0.1) is 6.92 Å². The summed E-state index contributed by atoms with van der Waals surface area (Å²) < 4.78 is 72.9. The van der Waals surface area contributed by atoms with Gasteiger partial charge >= 0.3 is 13.8 Å². The SMILES string of the molecule is CCOP(=O)(CC)OCc1ccc(Nc2ncc(C(F)(F)F)c(Nc3ccc(-c4cn(CCCO)nc4C)nc3C(=O)NC)n2)c(OC)c1. The molecule has 49 heavy (non-hydrogen) atoms. The number of amides is 1. The molecule has 3 aromatic heterocycles. The Labute approximate surface area is 281 Å². The van der Waals surface area contributed by atoms with E-state index in [4.69, 9.17) is 18.9 Å². The third kappa shape index (κ3) is 9.32. The van der Waals surface area contributed by atoms with E-state index in [1.807, 2.05) is 0 Å². The normalized spacial score (nSPS) is 12.8. The number of halogens is 3. The molecule has 0 radical (unpaired) electrons. The molecule has 4 aromatic rings. The summed E-state index contributed by atoms with van der Waals surface area (Å²) in [7, 11) is -0.483. The molecule has 3 heterocycles. The molecule has 0 spiro atoms. The van der Waals surface area contributed by atoms with Crippen molar-refractivity contribution in [3.8, 4) is 17.0 Å². The number of nitrogens with one attached hydrogen (secondary N) is 3. The fourth-order valence-electron chi connectivity index (χ4n) is 4.63. The van der Waals surface area contributed by atoms with E-state index in [0.29, 0.717) is 53.1 Å². The second-order valence-electron chi connectivity index (χ2n) is 10.5. The quantitative estimate of drug-likeness (QED) is 0.0993. The first-order valence-corrected chi connectivity index (χ1v) is 17.0. The van der Waals surface area contributed by atoms with Gasteiger partial charge in [0.25, 0.3) is 5.91 Å². The third-order valence-corrected chi connectivity index (χ3v) is 9.05. The van der Waals surface area contributed by atoms with Gasteiger partial charge in [0.05, 0.1) is 43.1 Å². The molecule has 4 N–H and O–H groups in total. The number of hydrogen-bond acceptors (Lipinski definition) is 12. The van der Waals surface area contributed by atoms with E-state index in [1.54, 1.807) is 55.9 Å². The lowest BCUT2D eigenvalue weighted by Crippen LogP contribution is -2.21. The Bertz CT molecular complexity index is 1820. The first-order valence-electron chi connectivity index (χ1n) is 15.3.